The number of carbonyl (C=O) groups excluding carboxylic acids is 2. The Morgan fingerprint density at radius 2 is 2.11 bits per heavy atom. The highest BCUT2D eigenvalue weighted by Gasteiger charge is 2.34. The second-order valence-electron chi connectivity index (χ2n) is 9.28. The molecule has 8 nitrogen and oxygen atoms in total. The summed E-state index contributed by atoms with van der Waals surface area (Å²) in [5.74, 6) is 6.08. The third kappa shape index (κ3) is 6.98. The molecule has 0 saturated heterocycles. The first-order valence-electron chi connectivity index (χ1n) is 12.4. The highest BCUT2D eigenvalue weighted by atomic mass is 16.5. The third-order valence-corrected chi connectivity index (χ3v) is 6.22. The van der Waals surface area contributed by atoms with Crippen LogP contribution in [0.25, 0.3) is 0 Å². The molecule has 1 aliphatic rings. The van der Waals surface area contributed by atoms with Crippen molar-refractivity contribution in [1.82, 2.24) is 20.1 Å². The van der Waals surface area contributed by atoms with Crippen LogP contribution in [0.5, 0.6) is 5.88 Å². The summed E-state index contributed by atoms with van der Waals surface area (Å²) in [7, 11) is 1.72. The van der Waals surface area contributed by atoms with E-state index in [0.717, 1.165) is 12.0 Å². The Bertz CT molecular complexity index is 1100. The van der Waals surface area contributed by atoms with Gasteiger partial charge in [-0.25, -0.2) is 9.78 Å². The van der Waals surface area contributed by atoms with Crippen LogP contribution < -0.4 is 10.1 Å². The van der Waals surface area contributed by atoms with Crippen molar-refractivity contribution in [2.45, 2.75) is 45.8 Å². The molecule has 0 fully saturated rings. The van der Waals surface area contributed by atoms with Crippen LogP contribution in [0.4, 0.5) is 4.79 Å². The molecule has 0 saturated carbocycles. The molecule has 0 spiro atoms. The van der Waals surface area contributed by atoms with Crippen molar-refractivity contribution in [3.63, 3.8) is 0 Å². The standard InChI is InChI=1S/C28H36N4O4/c1-5-14-29-28(35)31(4)18-25-20(2)17-32(21(3)19-33)27(34)24-15-23(16-30-26(24)36-25)13-9-12-22-10-7-6-8-11-22/h6-8,10-11,15-16,20-21,25,33H,5,12,14,17-19H2,1-4H3,(H,29,35)/t20-,21+,25+/m0/s1. The molecule has 2 aromatic rings. The van der Waals surface area contributed by atoms with Gasteiger partial charge in [-0.3, -0.25) is 4.79 Å². The molecule has 0 radical (unpaired) electrons. The Balaban J connectivity index is 1.89. The predicted molar refractivity (Wildman–Crippen MR) is 139 cm³/mol. The summed E-state index contributed by atoms with van der Waals surface area (Å²) < 4.78 is 6.24. The topological polar surface area (TPSA) is 95.0 Å². The van der Waals surface area contributed by atoms with Gasteiger partial charge in [-0.05, 0) is 25.0 Å². The van der Waals surface area contributed by atoms with Gasteiger partial charge in [0.1, 0.15) is 11.7 Å². The highest BCUT2D eigenvalue weighted by Crippen LogP contribution is 2.27. The Morgan fingerprint density at radius 1 is 1.36 bits per heavy atom. The lowest BCUT2D eigenvalue weighted by atomic mass is 10.00. The first-order valence-corrected chi connectivity index (χ1v) is 12.4. The molecule has 36 heavy (non-hydrogen) atoms. The molecule has 3 rings (SSSR count). The summed E-state index contributed by atoms with van der Waals surface area (Å²) >= 11 is 0. The maximum atomic E-state index is 13.5. The Hall–Kier alpha value is -3.57. The molecular weight excluding hydrogens is 456 g/mol. The van der Waals surface area contributed by atoms with Crippen LogP contribution >= 0.6 is 0 Å². The Labute approximate surface area is 213 Å². The van der Waals surface area contributed by atoms with Gasteiger partial charge in [0.2, 0.25) is 5.88 Å². The highest BCUT2D eigenvalue weighted by molar-refractivity contribution is 5.97. The minimum atomic E-state index is -0.398. The zero-order valence-corrected chi connectivity index (χ0v) is 21.5. The van der Waals surface area contributed by atoms with Gasteiger partial charge >= 0.3 is 6.03 Å². The minimum Gasteiger partial charge on any atom is -0.472 e. The first-order chi connectivity index (χ1) is 17.3. The fraction of sp³-hybridized carbons (Fsp3) is 0.464. The number of nitrogens with one attached hydrogen (secondary N) is 1. The largest absolute Gasteiger partial charge is 0.472 e. The number of carbonyl (C=O) groups is 2. The molecule has 192 valence electrons. The van der Waals surface area contributed by atoms with Gasteiger partial charge in [0.05, 0.1) is 19.2 Å². The molecule has 3 amide bonds. The summed E-state index contributed by atoms with van der Waals surface area (Å²) in [5.41, 5.74) is 2.02. The van der Waals surface area contributed by atoms with Crippen LogP contribution in [-0.2, 0) is 6.42 Å². The minimum absolute atomic E-state index is 0.107. The number of nitrogens with zero attached hydrogens (tertiary/aromatic N) is 3. The van der Waals surface area contributed by atoms with E-state index in [4.69, 9.17) is 4.74 Å². The fourth-order valence-corrected chi connectivity index (χ4v) is 3.95. The quantitative estimate of drug-likeness (QED) is 0.580. The van der Waals surface area contributed by atoms with Crippen LogP contribution in [0, 0.1) is 17.8 Å². The van der Waals surface area contributed by atoms with Gasteiger partial charge in [0.25, 0.3) is 5.91 Å². The maximum Gasteiger partial charge on any atom is 0.317 e. The van der Waals surface area contributed by atoms with E-state index in [1.54, 1.807) is 29.1 Å². The van der Waals surface area contributed by atoms with Crippen molar-refractivity contribution in [3.05, 3.63) is 59.3 Å². The van der Waals surface area contributed by atoms with Gasteiger partial charge in [-0.1, -0.05) is 56.0 Å². The van der Waals surface area contributed by atoms with E-state index >= 15 is 0 Å². The number of fused-ring (bicyclic) bond motifs is 1. The molecule has 8 heteroatoms. The monoisotopic (exact) mass is 492 g/mol. The van der Waals surface area contributed by atoms with E-state index < -0.39 is 6.10 Å². The van der Waals surface area contributed by atoms with Crippen molar-refractivity contribution in [1.29, 1.82) is 0 Å². The zero-order chi connectivity index (χ0) is 26.1. The van der Waals surface area contributed by atoms with Gasteiger partial charge in [-0.2, -0.15) is 0 Å². The van der Waals surface area contributed by atoms with Crippen molar-refractivity contribution in [2.24, 2.45) is 5.92 Å². The van der Waals surface area contributed by atoms with Gasteiger partial charge in [-0.15, -0.1) is 0 Å². The number of aliphatic hydroxyl groups is 1. The third-order valence-electron chi connectivity index (χ3n) is 6.22. The molecule has 0 unspecified atom stereocenters. The Morgan fingerprint density at radius 3 is 2.81 bits per heavy atom. The van der Waals surface area contributed by atoms with Crippen molar-refractivity contribution in [2.75, 3.05) is 33.3 Å². The van der Waals surface area contributed by atoms with Crippen LogP contribution in [0.2, 0.25) is 0 Å². The first kappa shape index (κ1) is 27.0. The SMILES string of the molecule is CCCNC(=O)N(C)C[C@H]1Oc2ncc(C#CCc3ccccc3)cc2C(=O)N([C@H](C)CO)C[C@@H]1C. The number of rotatable bonds is 7. The lowest BCUT2D eigenvalue weighted by molar-refractivity contribution is 0.0352. The van der Waals surface area contributed by atoms with Crippen molar-refractivity contribution < 1.29 is 19.4 Å². The summed E-state index contributed by atoms with van der Waals surface area (Å²) in [6, 6.07) is 11.1. The average molecular weight is 493 g/mol. The van der Waals surface area contributed by atoms with E-state index in [1.807, 2.05) is 51.1 Å². The van der Waals surface area contributed by atoms with E-state index in [0.29, 0.717) is 37.2 Å². The fourth-order valence-electron chi connectivity index (χ4n) is 3.95. The predicted octanol–water partition coefficient (Wildman–Crippen LogP) is 2.95. The maximum absolute atomic E-state index is 13.5. The molecule has 2 N–H and O–H groups in total. The zero-order valence-electron chi connectivity index (χ0n) is 21.5. The summed E-state index contributed by atoms with van der Waals surface area (Å²) in [4.78, 5) is 33.6. The lowest BCUT2D eigenvalue weighted by Gasteiger charge is -2.37. The number of likely N-dealkylation sites (N-methyl/N-ethyl adjacent to an activating group) is 1. The number of hydrogen-bond donors (Lipinski definition) is 2. The number of benzene rings is 1. The van der Waals surface area contributed by atoms with Gasteiger partial charge in [0.15, 0.2) is 0 Å². The van der Waals surface area contributed by atoms with Crippen LogP contribution in [0.15, 0.2) is 42.6 Å². The molecule has 2 heterocycles. The van der Waals surface area contributed by atoms with Gasteiger partial charge < -0.3 is 25.0 Å². The van der Waals surface area contributed by atoms with Crippen LogP contribution in [0.1, 0.15) is 48.7 Å². The number of pyridine rings is 1. The lowest BCUT2D eigenvalue weighted by Crippen LogP contribution is -2.51. The van der Waals surface area contributed by atoms with Crippen LogP contribution in [0.3, 0.4) is 0 Å². The molecule has 1 aromatic carbocycles. The summed E-state index contributed by atoms with van der Waals surface area (Å²) in [5, 5.41) is 12.7. The molecule has 3 atom stereocenters. The number of ether oxygens (including phenoxy) is 1. The summed E-state index contributed by atoms with van der Waals surface area (Å²) in [6.45, 7) is 6.91. The number of amides is 3. The smallest absolute Gasteiger partial charge is 0.317 e. The second kappa shape index (κ2) is 12.9. The van der Waals surface area contributed by atoms with E-state index in [9.17, 15) is 14.7 Å². The number of aromatic nitrogens is 1. The molecule has 1 aliphatic heterocycles. The number of aliphatic hydroxyl groups excluding tert-OH is 1. The summed E-state index contributed by atoms with van der Waals surface area (Å²) in [6.07, 6.45) is 2.64. The van der Waals surface area contributed by atoms with Crippen molar-refractivity contribution in [3.8, 4) is 17.7 Å². The molecule has 0 bridgehead atoms. The van der Waals surface area contributed by atoms with Crippen molar-refractivity contribution >= 4 is 11.9 Å². The second-order valence-corrected chi connectivity index (χ2v) is 9.28. The average Bonchev–Trinajstić information content (AvgIpc) is 2.89. The van der Waals surface area contributed by atoms with E-state index in [1.165, 1.54) is 0 Å². The number of hydrogen-bond acceptors (Lipinski definition) is 5. The molecular formula is C28H36N4O4. The number of urea groups is 1. The van der Waals surface area contributed by atoms with Gasteiger partial charge in [0, 0.05) is 44.2 Å². The Kier molecular flexibility index (Phi) is 9.71. The molecule has 1 aromatic heterocycles. The van der Waals surface area contributed by atoms with E-state index in [2.05, 4.69) is 22.1 Å². The molecule has 0 aliphatic carbocycles. The normalized spacial score (nSPS) is 18.0. The van der Waals surface area contributed by atoms with E-state index in [-0.39, 0.29) is 36.4 Å². The van der Waals surface area contributed by atoms with Crippen LogP contribution in [-0.4, -0.2) is 77.3 Å².